The Morgan fingerprint density at radius 2 is 2.29 bits per heavy atom. The zero-order valence-corrected chi connectivity index (χ0v) is 14.8. The molecule has 1 aliphatic rings. The van der Waals surface area contributed by atoms with Crippen molar-refractivity contribution in [1.82, 2.24) is 14.7 Å². The molecule has 128 valence electrons. The number of amides is 1. The van der Waals surface area contributed by atoms with Crippen LogP contribution < -0.4 is 5.32 Å². The van der Waals surface area contributed by atoms with E-state index < -0.39 is 0 Å². The van der Waals surface area contributed by atoms with Gasteiger partial charge in [0.05, 0.1) is 22.8 Å². The quantitative estimate of drug-likeness (QED) is 0.844. The summed E-state index contributed by atoms with van der Waals surface area (Å²) in [5.41, 5.74) is 1.54. The lowest BCUT2D eigenvalue weighted by Crippen LogP contribution is -2.42. The molecule has 0 saturated carbocycles. The summed E-state index contributed by atoms with van der Waals surface area (Å²) in [4.78, 5) is 27.7. The number of nitrogens with zero attached hydrogens (tertiary/aromatic N) is 3. The Morgan fingerprint density at radius 3 is 2.96 bits per heavy atom. The predicted octanol–water partition coefficient (Wildman–Crippen LogP) is 2.32. The van der Waals surface area contributed by atoms with Crippen molar-refractivity contribution in [3.05, 3.63) is 34.3 Å². The van der Waals surface area contributed by atoms with Crippen LogP contribution in [0.3, 0.4) is 0 Å². The molecule has 0 aromatic carbocycles. The number of carbonyl (C=O) groups excluding carboxylic acids is 2. The molecular formula is C17H22N4O2S. The Bertz CT molecular complexity index is 723. The van der Waals surface area contributed by atoms with Gasteiger partial charge in [-0.2, -0.15) is 5.10 Å². The number of thiophene rings is 1. The molecule has 24 heavy (non-hydrogen) atoms. The number of Topliss-reactive ketones (excluding diaryl/α,β-unsaturated/α-hetero) is 1. The Balaban J connectivity index is 1.56. The van der Waals surface area contributed by atoms with Crippen LogP contribution >= 0.6 is 11.3 Å². The SMILES string of the molecule is Cc1nn(C)cc1NC(=O)CN1CCCC(C(=O)c2cccs2)C1. The first kappa shape index (κ1) is 16.9. The van der Waals surface area contributed by atoms with Crippen LogP contribution in [0.5, 0.6) is 0 Å². The highest BCUT2D eigenvalue weighted by molar-refractivity contribution is 7.12. The van der Waals surface area contributed by atoms with E-state index in [1.807, 2.05) is 31.5 Å². The second kappa shape index (κ2) is 7.27. The summed E-state index contributed by atoms with van der Waals surface area (Å²) in [6, 6.07) is 3.78. The van der Waals surface area contributed by atoms with E-state index in [9.17, 15) is 9.59 Å². The lowest BCUT2D eigenvalue weighted by molar-refractivity contribution is -0.117. The number of carbonyl (C=O) groups is 2. The lowest BCUT2D eigenvalue weighted by Gasteiger charge is -2.31. The zero-order valence-electron chi connectivity index (χ0n) is 14.0. The molecule has 1 aliphatic heterocycles. The van der Waals surface area contributed by atoms with Crippen molar-refractivity contribution in [3.8, 4) is 0 Å². The molecule has 7 heteroatoms. The number of ketones is 1. The number of nitrogens with one attached hydrogen (secondary N) is 1. The van der Waals surface area contributed by atoms with Gasteiger partial charge >= 0.3 is 0 Å². The molecule has 2 aromatic heterocycles. The van der Waals surface area contributed by atoms with Gasteiger partial charge in [-0.05, 0) is 37.8 Å². The van der Waals surface area contributed by atoms with E-state index >= 15 is 0 Å². The second-order valence-electron chi connectivity index (χ2n) is 6.27. The molecule has 3 heterocycles. The number of hydrogen-bond acceptors (Lipinski definition) is 5. The first-order valence-corrected chi connectivity index (χ1v) is 9.01. The summed E-state index contributed by atoms with van der Waals surface area (Å²) >= 11 is 1.49. The third kappa shape index (κ3) is 3.91. The average Bonchev–Trinajstić information content (AvgIpc) is 3.17. The van der Waals surface area contributed by atoms with Crippen LogP contribution in [0.4, 0.5) is 5.69 Å². The summed E-state index contributed by atoms with van der Waals surface area (Å²) in [6.45, 7) is 3.68. The van der Waals surface area contributed by atoms with Crippen molar-refractivity contribution >= 4 is 28.7 Å². The molecular weight excluding hydrogens is 324 g/mol. The third-order valence-corrected chi connectivity index (χ3v) is 5.18. The standard InChI is InChI=1S/C17H22N4O2S/c1-12-14(10-20(2)19-12)18-16(22)11-21-7-3-5-13(9-21)17(23)15-6-4-8-24-15/h4,6,8,10,13H,3,5,7,9,11H2,1-2H3,(H,18,22). The van der Waals surface area contributed by atoms with Crippen LogP contribution in [0.15, 0.2) is 23.7 Å². The monoisotopic (exact) mass is 346 g/mol. The van der Waals surface area contributed by atoms with Gasteiger partial charge in [-0.1, -0.05) is 6.07 Å². The number of hydrogen-bond donors (Lipinski definition) is 1. The number of piperidine rings is 1. The predicted molar refractivity (Wildman–Crippen MR) is 94.4 cm³/mol. The van der Waals surface area contributed by atoms with Crippen LogP contribution in [0, 0.1) is 12.8 Å². The molecule has 0 spiro atoms. The van der Waals surface area contributed by atoms with Crippen LogP contribution in [-0.4, -0.2) is 46.0 Å². The van der Waals surface area contributed by atoms with Gasteiger partial charge in [-0.3, -0.25) is 19.2 Å². The minimum atomic E-state index is -0.0599. The van der Waals surface area contributed by atoms with Crippen molar-refractivity contribution in [3.63, 3.8) is 0 Å². The molecule has 1 N–H and O–H groups in total. The van der Waals surface area contributed by atoms with Crippen molar-refractivity contribution in [2.45, 2.75) is 19.8 Å². The van der Waals surface area contributed by atoms with E-state index in [1.165, 1.54) is 11.3 Å². The molecule has 3 rings (SSSR count). The molecule has 1 atom stereocenters. The molecule has 6 nitrogen and oxygen atoms in total. The molecule has 0 radical (unpaired) electrons. The highest BCUT2D eigenvalue weighted by atomic mass is 32.1. The normalized spacial score (nSPS) is 18.5. The van der Waals surface area contributed by atoms with E-state index in [1.54, 1.807) is 10.9 Å². The minimum absolute atomic E-state index is 0.00896. The highest BCUT2D eigenvalue weighted by Gasteiger charge is 2.28. The number of anilines is 1. The molecule has 2 aromatic rings. The summed E-state index contributed by atoms with van der Waals surface area (Å²) in [7, 11) is 1.83. The summed E-state index contributed by atoms with van der Waals surface area (Å²) < 4.78 is 1.68. The van der Waals surface area contributed by atoms with Gasteiger partial charge in [0, 0.05) is 25.7 Å². The molecule has 1 saturated heterocycles. The molecule has 0 aliphatic carbocycles. The fourth-order valence-corrected chi connectivity index (χ4v) is 3.89. The van der Waals surface area contributed by atoms with Gasteiger partial charge in [0.15, 0.2) is 5.78 Å². The first-order valence-electron chi connectivity index (χ1n) is 8.13. The maximum Gasteiger partial charge on any atom is 0.238 e. The van der Waals surface area contributed by atoms with Crippen molar-refractivity contribution < 1.29 is 9.59 Å². The number of aromatic nitrogens is 2. The first-order chi connectivity index (χ1) is 11.5. The molecule has 1 amide bonds. The maximum absolute atomic E-state index is 12.5. The van der Waals surface area contributed by atoms with Crippen molar-refractivity contribution in [2.24, 2.45) is 13.0 Å². The van der Waals surface area contributed by atoms with Gasteiger partial charge in [-0.15, -0.1) is 11.3 Å². The Morgan fingerprint density at radius 1 is 1.46 bits per heavy atom. The smallest absolute Gasteiger partial charge is 0.238 e. The number of aryl methyl sites for hydroxylation is 2. The fraction of sp³-hybridized carbons (Fsp3) is 0.471. The van der Waals surface area contributed by atoms with E-state index in [0.717, 1.165) is 35.6 Å². The minimum Gasteiger partial charge on any atom is -0.322 e. The van der Waals surface area contributed by atoms with Gasteiger partial charge in [0.25, 0.3) is 0 Å². The zero-order chi connectivity index (χ0) is 17.1. The van der Waals surface area contributed by atoms with Crippen LogP contribution in [0.25, 0.3) is 0 Å². The summed E-state index contributed by atoms with van der Waals surface area (Å²) in [5, 5.41) is 9.05. The molecule has 1 fully saturated rings. The average molecular weight is 346 g/mol. The van der Waals surface area contributed by atoms with E-state index in [4.69, 9.17) is 0 Å². The van der Waals surface area contributed by atoms with Gasteiger partial charge in [0.1, 0.15) is 0 Å². The van der Waals surface area contributed by atoms with Gasteiger partial charge < -0.3 is 5.32 Å². The number of rotatable bonds is 5. The number of likely N-dealkylation sites (tertiary alicyclic amines) is 1. The topological polar surface area (TPSA) is 67.2 Å². The van der Waals surface area contributed by atoms with Crippen molar-refractivity contribution in [1.29, 1.82) is 0 Å². The summed E-state index contributed by atoms with van der Waals surface area (Å²) in [6.07, 6.45) is 3.64. The largest absolute Gasteiger partial charge is 0.322 e. The van der Waals surface area contributed by atoms with Crippen LogP contribution in [0.2, 0.25) is 0 Å². The van der Waals surface area contributed by atoms with Crippen LogP contribution in [0.1, 0.15) is 28.2 Å². The fourth-order valence-electron chi connectivity index (χ4n) is 3.15. The van der Waals surface area contributed by atoms with Gasteiger partial charge in [0.2, 0.25) is 5.91 Å². The Labute approximate surface area is 145 Å². The van der Waals surface area contributed by atoms with Crippen LogP contribution in [-0.2, 0) is 11.8 Å². The maximum atomic E-state index is 12.5. The lowest BCUT2D eigenvalue weighted by atomic mass is 9.93. The Hall–Kier alpha value is -1.99. The van der Waals surface area contributed by atoms with Crippen molar-refractivity contribution in [2.75, 3.05) is 25.0 Å². The molecule has 1 unspecified atom stereocenters. The van der Waals surface area contributed by atoms with E-state index in [2.05, 4.69) is 15.3 Å². The van der Waals surface area contributed by atoms with E-state index in [0.29, 0.717) is 13.1 Å². The second-order valence-corrected chi connectivity index (χ2v) is 7.21. The summed E-state index contributed by atoms with van der Waals surface area (Å²) in [5.74, 6) is 0.138. The Kier molecular flexibility index (Phi) is 5.11. The van der Waals surface area contributed by atoms with Gasteiger partial charge in [-0.25, -0.2) is 0 Å². The molecule has 0 bridgehead atoms. The van der Waals surface area contributed by atoms with E-state index in [-0.39, 0.29) is 17.6 Å². The highest BCUT2D eigenvalue weighted by Crippen LogP contribution is 2.23. The third-order valence-electron chi connectivity index (χ3n) is 4.30.